The van der Waals surface area contributed by atoms with Gasteiger partial charge in [0.25, 0.3) is 0 Å². The molecule has 11 rings (SSSR count). The minimum Gasteiger partial charge on any atom is -0.311 e. The van der Waals surface area contributed by atoms with E-state index in [1.165, 1.54) is 0 Å². The number of rotatable bonds is 8. The number of fused-ring (bicyclic) bond motifs is 3. The van der Waals surface area contributed by atoms with Gasteiger partial charge in [-0.15, -0.1) is 4.43 Å². The van der Waals surface area contributed by atoms with Crippen LogP contribution in [0.1, 0.15) is 5.56 Å². The maximum absolute atomic E-state index is 10.4. The van der Waals surface area contributed by atoms with Crippen molar-refractivity contribution in [2.24, 2.45) is 0 Å². The fourth-order valence-electron chi connectivity index (χ4n) is 8.16. The smallest absolute Gasteiger partial charge is 0.179 e. The average Bonchev–Trinajstić information content (AvgIpc) is 3.69. The van der Waals surface area contributed by atoms with Crippen LogP contribution in [-0.4, -0.2) is 50.8 Å². The summed E-state index contributed by atoms with van der Waals surface area (Å²) in [6, 6.07) is 69.3. The van der Waals surface area contributed by atoms with Crippen LogP contribution in [0.5, 0.6) is 0 Å². The second-order valence-electron chi connectivity index (χ2n) is 15.3. The van der Waals surface area contributed by atoms with Crippen molar-refractivity contribution in [2.45, 2.75) is 0 Å². The molecule has 64 heavy (non-hydrogen) atoms. The highest BCUT2D eigenvalue weighted by molar-refractivity contribution is 6.35. The Morgan fingerprint density at radius 2 is 0.719 bits per heavy atom. The predicted molar refractivity (Wildman–Crippen MR) is 256 cm³/mol. The molecule has 3 aromatic heterocycles. The van der Waals surface area contributed by atoms with Gasteiger partial charge in [-0.1, -0.05) is 146 Å². The topological polar surface area (TPSA) is 106 Å². The first-order valence-electron chi connectivity index (χ1n) is 20.8. The van der Waals surface area contributed by atoms with Crippen molar-refractivity contribution in [3.05, 3.63) is 206 Å². The Hall–Kier alpha value is -8.40. The lowest BCUT2D eigenvalue weighted by Gasteiger charge is -2.13. The summed E-state index contributed by atoms with van der Waals surface area (Å²) in [6.07, 6.45) is 0. The largest absolute Gasteiger partial charge is 0.311 e. The molecule has 8 aromatic carbocycles. The molecular formula is C55H33AlN8. The third-order valence-electron chi connectivity index (χ3n) is 11.3. The summed E-state index contributed by atoms with van der Waals surface area (Å²) in [5.74, 6) is 3.36. The lowest BCUT2D eigenvalue weighted by atomic mass is 9.98. The molecule has 0 fully saturated rings. The molecule has 3 heterocycles. The molecule has 0 saturated heterocycles. The molecule has 0 unspecified atom stereocenters. The van der Waals surface area contributed by atoms with Gasteiger partial charge in [0.2, 0.25) is 0 Å². The molecular weight excluding hydrogens is 800 g/mol. The zero-order valence-electron chi connectivity index (χ0n) is 34.2. The van der Waals surface area contributed by atoms with Gasteiger partial charge in [0.1, 0.15) is 0 Å². The molecule has 0 spiro atoms. The van der Waals surface area contributed by atoms with Crippen molar-refractivity contribution in [1.29, 1.82) is 5.26 Å². The van der Waals surface area contributed by atoms with Crippen molar-refractivity contribution in [1.82, 2.24) is 34.5 Å². The van der Waals surface area contributed by atoms with Crippen molar-refractivity contribution >= 4 is 42.5 Å². The fourth-order valence-corrected chi connectivity index (χ4v) is 8.49. The SMILES string of the molecule is N#Cc1cc(-c2ccc3c(c2)c2cc(-c4nc(-c5ccccc5)nc(-c5ccccc5)n4)ccc2n3-c2cccc[c]2[Al])cc(-c2nc(-c3ccccc3)nc(-c3ccccc3)n2)c1. The summed E-state index contributed by atoms with van der Waals surface area (Å²) in [5, 5.41) is 12.5. The van der Waals surface area contributed by atoms with E-state index in [2.05, 4.69) is 87.6 Å². The Labute approximate surface area is 377 Å². The van der Waals surface area contributed by atoms with E-state index in [0.29, 0.717) is 46.1 Å². The van der Waals surface area contributed by atoms with Crippen LogP contribution in [0, 0.1) is 11.3 Å². The Balaban J connectivity index is 1.10. The molecule has 0 bridgehead atoms. The zero-order chi connectivity index (χ0) is 43.0. The second kappa shape index (κ2) is 16.5. The van der Waals surface area contributed by atoms with E-state index >= 15 is 0 Å². The Bertz CT molecular complexity index is 3450. The highest BCUT2D eigenvalue weighted by Crippen LogP contribution is 2.38. The van der Waals surface area contributed by atoms with Crippen molar-refractivity contribution in [3.8, 4) is 91.2 Å². The molecule has 0 saturated carbocycles. The maximum Gasteiger partial charge on any atom is 0.179 e. The van der Waals surface area contributed by atoms with E-state index in [9.17, 15) is 5.26 Å². The van der Waals surface area contributed by atoms with Crippen LogP contribution in [-0.2, 0) is 0 Å². The third-order valence-corrected chi connectivity index (χ3v) is 11.7. The summed E-state index contributed by atoms with van der Waals surface area (Å²) in [6.45, 7) is 0. The normalized spacial score (nSPS) is 11.2. The Kier molecular flexibility index (Phi) is 9.91. The number of aromatic nitrogens is 7. The van der Waals surface area contributed by atoms with E-state index in [1.54, 1.807) is 0 Å². The number of para-hydroxylation sites is 1. The van der Waals surface area contributed by atoms with Gasteiger partial charge in [0, 0.05) is 49.8 Å². The molecule has 8 nitrogen and oxygen atoms in total. The summed E-state index contributed by atoms with van der Waals surface area (Å²) in [4.78, 5) is 29.9. The summed E-state index contributed by atoms with van der Waals surface area (Å²) in [7, 11) is 0. The molecule has 2 radical (unpaired) electrons. The lowest BCUT2D eigenvalue weighted by molar-refractivity contribution is 1.07. The van der Waals surface area contributed by atoms with Crippen LogP contribution < -0.4 is 4.43 Å². The molecule has 0 amide bonds. The van der Waals surface area contributed by atoms with Gasteiger partial charge in [0.05, 0.1) is 22.7 Å². The molecule has 0 aliphatic carbocycles. The van der Waals surface area contributed by atoms with Gasteiger partial charge in [-0.2, -0.15) is 5.26 Å². The molecule has 11 aromatic rings. The molecule has 0 aliphatic heterocycles. The van der Waals surface area contributed by atoms with Crippen LogP contribution in [0.25, 0.3) is 107 Å². The van der Waals surface area contributed by atoms with Crippen molar-refractivity contribution < 1.29 is 0 Å². The summed E-state index contributed by atoms with van der Waals surface area (Å²) in [5.41, 5.74) is 10.6. The van der Waals surface area contributed by atoms with E-state index in [-0.39, 0.29) is 0 Å². The van der Waals surface area contributed by atoms with Gasteiger partial charge < -0.3 is 4.57 Å². The highest BCUT2D eigenvalue weighted by Gasteiger charge is 2.19. The Morgan fingerprint density at radius 3 is 1.17 bits per heavy atom. The third kappa shape index (κ3) is 7.29. The molecule has 9 heteroatoms. The quantitative estimate of drug-likeness (QED) is 0.140. The van der Waals surface area contributed by atoms with Crippen molar-refractivity contribution in [2.75, 3.05) is 0 Å². The van der Waals surface area contributed by atoms with Crippen LogP contribution >= 0.6 is 0 Å². The van der Waals surface area contributed by atoms with Gasteiger partial charge >= 0.3 is 0 Å². The van der Waals surface area contributed by atoms with Crippen LogP contribution in [0.2, 0.25) is 0 Å². The lowest BCUT2D eigenvalue weighted by Crippen LogP contribution is -2.11. The molecule has 0 N–H and O–H groups in total. The van der Waals surface area contributed by atoms with E-state index in [1.807, 2.05) is 140 Å². The standard InChI is InChI=1S/C55H33N8.Al/c56-35-36-30-43(32-44(31-36)55-61-52(39-20-10-3-11-21-39)58-53(62-55)40-22-12-4-13-23-40)41-26-28-48-46(33-41)47-34-42(27-29-49(47)63(48)45-24-14-5-15-25-45)54-59-50(37-16-6-1-7-17-37)57-51(60-54)38-18-8-2-9-19-38;/h1-24,26-34H;. The van der Waals surface area contributed by atoms with E-state index in [4.69, 9.17) is 29.9 Å². The highest BCUT2D eigenvalue weighted by atomic mass is 27.0. The van der Waals surface area contributed by atoms with Gasteiger partial charge in [-0.05, 0) is 65.7 Å². The maximum atomic E-state index is 10.4. The predicted octanol–water partition coefficient (Wildman–Crippen LogP) is 11.5. The monoisotopic (exact) mass is 832 g/mol. The number of benzene rings is 8. The summed E-state index contributed by atoms with van der Waals surface area (Å²) >= 11 is 2.90. The summed E-state index contributed by atoms with van der Waals surface area (Å²) < 4.78 is 3.37. The van der Waals surface area contributed by atoms with Crippen LogP contribution in [0.3, 0.4) is 0 Å². The number of nitriles is 1. The molecule has 0 aliphatic rings. The fraction of sp³-hybridized carbons (Fsp3) is 0. The van der Waals surface area contributed by atoms with Gasteiger partial charge in [-0.3, -0.25) is 0 Å². The Morgan fingerprint density at radius 1 is 0.344 bits per heavy atom. The molecule has 296 valence electrons. The van der Waals surface area contributed by atoms with E-state index in [0.717, 1.165) is 70.9 Å². The van der Waals surface area contributed by atoms with Crippen LogP contribution in [0.15, 0.2) is 200 Å². The van der Waals surface area contributed by atoms with Gasteiger partial charge in [-0.25, -0.2) is 29.9 Å². The number of hydrogen-bond donors (Lipinski definition) is 0. The second-order valence-corrected chi connectivity index (χ2v) is 16.0. The first-order valence-corrected chi connectivity index (χ1v) is 21.4. The average molecular weight is 833 g/mol. The van der Waals surface area contributed by atoms with Crippen LogP contribution in [0.4, 0.5) is 0 Å². The number of hydrogen-bond acceptors (Lipinski definition) is 7. The first kappa shape index (κ1) is 38.5. The minimum absolute atomic E-state index is 0.479. The van der Waals surface area contributed by atoms with E-state index < -0.39 is 0 Å². The zero-order valence-corrected chi connectivity index (χ0v) is 35.4. The minimum atomic E-state index is 0.479. The van der Waals surface area contributed by atoms with Crippen molar-refractivity contribution in [3.63, 3.8) is 0 Å². The number of nitrogens with zero attached hydrogens (tertiary/aromatic N) is 8. The molecule has 0 atom stereocenters. The first-order chi connectivity index (χ1) is 31.6. The van der Waals surface area contributed by atoms with Gasteiger partial charge in [0.15, 0.2) is 51.2 Å².